The Morgan fingerprint density at radius 1 is 1.40 bits per heavy atom. The topological polar surface area (TPSA) is 55.3 Å². The van der Waals surface area contributed by atoms with Crippen molar-refractivity contribution in [2.45, 2.75) is 45.8 Å². The van der Waals surface area contributed by atoms with Crippen LogP contribution in [0.1, 0.15) is 32.8 Å². The van der Waals surface area contributed by atoms with Crippen LogP contribution >= 0.6 is 0 Å². The molecule has 0 unspecified atom stereocenters. The van der Waals surface area contributed by atoms with Crippen LogP contribution in [0.5, 0.6) is 0 Å². The molecule has 0 aromatic carbocycles. The summed E-state index contributed by atoms with van der Waals surface area (Å²) in [6.07, 6.45) is 4.79. The van der Waals surface area contributed by atoms with Gasteiger partial charge in [0.2, 0.25) is 5.91 Å². The van der Waals surface area contributed by atoms with Gasteiger partial charge in [0.1, 0.15) is 6.54 Å². The molecular weight excluding hydrogens is 254 g/mol. The van der Waals surface area contributed by atoms with Gasteiger partial charge >= 0.3 is 0 Å². The van der Waals surface area contributed by atoms with E-state index in [0.717, 1.165) is 13.0 Å². The first-order valence-electron chi connectivity index (χ1n) is 7.06. The van der Waals surface area contributed by atoms with Crippen molar-refractivity contribution in [3.05, 3.63) is 24.0 Å². The predicted octanol–water partition coefficient (Wildman–Crippen LogP) is 1.53. The highest BCUT2D eigenvalue weighted by atomic mass is 16.5. The third-order valence-corrected chi connectivity index (χ3v) is 2.81. The van der Waals surface area contributed by atoms with Crippen molar-refractivity contribution >= 4 is 5.91 Å². The number of carbonyl (C=O) groups excluding carboxylic acids is 1. The van der Waals surface area contributed by atoms with Crippen LogP contribution in [0.4, 0.5) is 0 Å². The highest BCUT2D eigenvalue weighted by Crippen LogP contribution is 2.05. The van der Waals surface area contributed by atoms with Gasteiger partial charge in [-0.2, -0.15) is 0 Å². The van der Waals surface area contributed by atoms with Gasteiger partial charge in [-0.3, -0.25) is 4.79 Å². The fourth-order valence-corrected chi connectivity index (χ4v) is 1.73. The Hall–Kier alpha value is -1.33. The van der Waals surface area contributed by atoms with Crippen LogP contribution in [-0.2, 0) is 22.6 Å². The first-order valence-corrected chi connectivity index (χ1v) is 7.06. The van der Waals surface area contributed by atoms with Crippen LogP contribution in [0, 0.1) is 0 Å². The SMILES string of the molecule is COCCCNC(=O)Cn1ccc(CNC(C)(C)C)c1. The normalized spacial score (nSPS) is 11.6. The minimum atomic E-state index is 0.0343. The molecule has 5 heteroatoms. The molecule has 0 aliphatic carbocycles. The smallest absolute Gasteiger partial charge is 0.239 e. The van der Waals surface area contributed by atoms with E-state index in [0.29, 0.717) is 19.7 Å². The first-order chi connectivity index (χ1) is 9.40. The summed E-state index contributed by atoms with van der Waals surface area (Å²) >= 11 is 0. The monoisotopic (exact) mass is 281 g/mol. The van der Waals surface area contributed by atoms with E-state index in [1.54, 1.807) is 7.11 Å². The van der Waals surface area contributed by atoms with Crippen molar-refractivity contribution in [2.24, 2.45) is 0 Å². The van der Waals surface area contributed by atoms with Crippen molar-refractivity contribution in [3.63, 3.8) is 0 Å². The van der Waals surface area contributed by atoms with E-state index in [2.05, 4.69) is 31.4 Å². The summed E-state index contributed by atoms with van der Waals surface area (Å²) < 4.78 is 6.84. The summed E-state index contributed by atoms with van der Waals surface area (Å²) in [4.78, 5) is 11.7. The number of rotatable bonds is 8. The van der Waals surface area contributed by atoms with Crippen LogP contribution < -0.4 is 10.6 Å². The Balaban J connectivity index is 2.30. The van der Waals surface area contributed by atoms with E-state index >= 15 is 0 Å². The summed E-state index contributed by atoms with van der Waals surface area (Å²) in [7, 11) is 1.66. The molecule has 0 atom stereocenters. The zero-order valence-corrected chi connectivity index (χ0v) is 13.0. The summed E-state index contributed by atoms with van der Waals surface area (Å²) in [5, 5.41) is 6.30. The lowest BCUT2D eigenvalue weighted by Gasteiger charge is -2.19. The lowest BCUT2D eigenvalue weighted by molar-refractivity contribution is -0.121. The van der Waals surface area contributed by atoms with Crippen LogP contribution in [0.25, 0.3) is 0 Å². The summed E-state index contributed by atoms with van der Waals surface area (Å²) in [5.74, 6) is 0.0343. The van der Waals surface area contributed by atoms with Gasteiger partial charge in [0, 0.05) is 44.7 Å². The van der Waals surface area contributed by atoms with E-state index in [1.165, 1.54) is 5.56 Å². The van der Waals surface area contributed by atoms with Crippen molar-refractivity contribution in [1.82, 2.24) is 15.2 Å². The van der Waals surface area contributed by atoms with Crippen molar-refractivity contribution in [3.8, 4) is 0 Å². The van der Waals surface area contributed by atoms with Crippen LogP contribution in [0.2, 0.25) is 0 Å². The Bertz CT molecular complexity index is 407. The minimum absolute atomic E-state index is 0.0343. The number of nitrogens with one attached hydrogen (secondary N) is 2. The maximum Gasteiger partial charge on any atom is 0.239 e. The highest BCUT2D eigenvalue weighted by Gasteiger charge is 2.09. The molecule has 1 aromatic heterocycles. The molecule has 0 saturated carbocycles. The Morgan fingerprint density at radius 2 is 2.15 bits per heavy atom. The largest absolute Gasteiger partial charge is 0.385 e. The third-order valence-electron chi connectivity index (χ3n) is 2.81. The third kappa shape index (κ3) is 7.31. The molecule has 1 amide bonds. The second-order valence-corrected chi connectivity index (χ2v) is 5.99. The molecule has 1 aromatic rings. The lowest BCUT2D eigenvalue weighted by atomic mass is 10.1. The van der Waals surface area contributed by atoms with Gasteiger partial charge in [0.15, 0.2) is 0 Å². The zero-order chi connectivity index (χ0) is 15.0. The molecule has 1 heterocycles. The maximum absolute atomic E-state index is 11.7. The molecule has 114 valence electrons. The quantitative estimate of drug-likeness (QED) is 0.711. The van der Waals surface area contributed by atoms with E-state index in [4.69, 9.17) is 4.74 Å². The molecule has 2 N–H and O–H groups in total. The predicted molar refractivity (Wildman–Crippen MR) is 80.5 cm³/mol. The van der Waals surface area contributed by atoms with Gasteiger partial charge in [-0.05, 0) is 38.8 Å². The average Bonchev–Trinajstić information content (AvgIpc) is 2.79. The molecular formula is C15H27N3O2. The average molecular weight is 281 g/mol. The van der Waals surface area contributed by atoms with E-state index in [9.17, 15) is 4.79 Å². The molecule has 0 aliphatic heterocycles. The number of hydrogen-bond acceptors (Lipinski definition) is 3. The number of carbonyl (C=O) groups is 1. The van der Waals surface area contributed by atoms with Gasteiger partial charge in [-0.25, -0.2) is 0 Å². The highest BCUT2D eigenvalue weighted by molar-refractivity contribution is 5.75. The van der Waals surface area contributed by atoms with Gasteiger partial charge < -0.3 is 19.9 Å². The Labute approximate surface area is 121 Å². The maximum atomic E-state index is 11.7. The summed E-state index contributed by atoms with van der Waals surface area (Å²) in [6, 6.07) is 2.04. The van der Waals surface area contributed by atoms with Gasteiger partial charge in [-0.1, -0.05) is 0 Å². The minimum Gasteiger partial charge on any atom is -0.385 e. The molecule has 0 spiro atoms. The number of ether oxygens (including phenoxy) is 1. The number of nitrogens with zero attached hydrogens (tertiary/aromatic N) is 1. The molecule has 20 heavy (non-hydrogen) atoms. The molecule has 5 nitrogen and oxygen atoms in total. The van der Waals surface area contributed by atoms with E-state index in [-0.39, 0.29) is 11.4 Å². The Kier molecular flexibility index (Phi) is 6.75. The van der Waals surface area contributed by atoms with Crippen molar-refractivity contribution in [1.29, 1.82) is 0 Å². The second kappa shape index (κ2) is 8.07. The standard InChI is InChI=1S/C15H27N3O2/c1-15(2,3)17-10-13-6-8-18(11-13)12-14(19)16-7-5-9-20-4/h6,8,11,17H,5,7,9-10,12H2,1-4H3,(H,16,19). The lowest BCUT2D eigenvalue weighted by Crippen LogP contribution is -2.34. The molecule has 0 fully saturated rings. The fourth-order valence-electron chi connectivity index (χ4n) is 1.73. The molecule has 0 saturated heterocycles. The van der Waals surface area contributed by atoms with Crippen molar-refractivity contribution < 1.29 is 9.53 Å². The van der Waals surface area contributed by atoms with Gasteiger partial charge in [-0.15, -0.1) is 0 Å². The van der Waals surface area contributed by atoms with Crippen LogP contribution in [0.15, 0.2) is 18.5 Å². The number of amides is 1. The first kappa shape index (κ1) is 16.7. The number of aromatic nitrogens is 1. The second-order valence-electron chi connectivity index (χ2n) is 5.99. The molecule has 0 aliphatic rings. The zero-order valence-electron chi connectivity index (χ0n) is 13.0. The summed E-state index contributed by atoms with van der Waals surface area (Å²) in [5.41, 5.74) is 1.29. The van der Waals surface area contributed by atoms with Crippen LogP contribution in [0.3, 0.4) is 0 Å². The molecule has 0 bridgehead atoms. The van der Waals surface area contributed by atoms with Crippen LogP contribution in [-0.4, -0.2) is 36.3 Å². The van der Waals surface area contributed by atoms with Gasteiger partial charge in [0.05, 0.1) is 0 Å². The van der Waals surface area contributed by atoms with E-state index in [1.807, 2.05) is 23.0 Å². The summed E-state index contributed by atoms with van der Waals surface area (Å²) in [6.45, 7) is 8.92. The van der Waals surface area contributed by atoms with E-state index < -0.39 is 0 Å². The fraction of sp³-hybridized carbons (Fsp3) is 0.667. The number of methoxy groups -OCH3 is 1. The Morgan fingerprint density at radius 3 is 2.80 bits per heavy atom. The van der Waals surface area contributed by atoms with Gasteiger partial charge in [0.25, 0.3) is 0 Å². The van der Waals surface area contributed by atoms with Crippen molar-refractivity contribution in [2.75, 3.05) is 20.3 Å². The number of hydrogen-bond donors (Lipinski definition) is 2. The molecule has 0 radical (unpaired) electrons. The molecule has 1 rings (SSSR count).